The van der Waals surface area contributed by atoms with Crippen molar-refractivity contribution in [3.05, 3.63) is 35.5 Å². The Bertz CT molecular complexity index is 784. The number of hydrogen-bond acceptors (Lipinski definition) is 3. The van der Waals surface area contributed by atoms with Gasteiger partial charge in [-0.2, -0.15) is 23.4 Å². The molecule has 20 heavy (non-hydrogen) atoms. The number of nitrogens with two attached hydrogens (primary N) is 1. The lowest BCUT2D eigenvalue weighted by Gasteiger charge is -2.04. The van der Waals surface area contributed by atoms with Crippen LogP contribution in [0.3, 0.4) is 0 Å². The summed E-state index contributed by atoms with van der Waals surface area (Å²) in [5, 5.41) is 9.58. The maximum absolute atomic E-state index is 13.0. The number of aromatic amines is 1. The van der Waals surface area contributed by atoms with E-state index in [1.54, 1.807) is 18.2 Å². The molecule has 0 radical (unpaired) electrons. The van der Waals surface area contributed by atoms with Crippen LogP contribution in [0.5, 0.6) is 0 Å². The highest BCUT2D eigenvalue weighted by atomic mass is 19.4. The molecule has 0 amide bonds. The van der Waals surface area contributed by atoms with Crippen molar-refractivity contribution >= 4 is 16.9 Å². The number of aryl methyl sites for hydroxylation is 1. The number of nitrogen functional groups attached to an aromatic ring is 1. The largest absolute Gasteiger partial charge is 0.436 e. The second-order valence-electron chi connectivity index (χ2n) is 4.43. The summed E-state index contributed by atoms with van der Waals surface area (Å²) in [6, 6.07) is 6.96. The van der Waals surface area contributed by atoms with Gasteiger partial charge in [0.1, 0.15) is 5.82 Å². The summed E-state index contributed by atoms with van der Waals surface area (Å²) in [5.74, 6) is -0.147. The van der Waals surface area contributed by atoms with Crippen molar-refractivity contribution in [2.45, 2.75) is 13.1 Å². The SMILES string of the molecule is Cc1cccc(-n2nc(C(F)(F)F)c3c(N)[nH]nc32)c1. The number of aromatic nitrogens is 4. The highest BCUT2D eigenvalue weighted by Gasteiger charge is 2.39. The smallest absolute Gasteiger partial charge is 0.383 e. The van der Waals surface area contributed by atoms with E-state index < -0.39 is 11.9 Å². The van der Waals surface area contributed by atoms with E-state index in [4.69, 9.17) is 5.73 Å². The molecular formula is C12H10F3N5. The van der Waals surface area contributed by atoms with E-state index in [1.807, 2.05) is 13.0 Å². The molecule has 0 saturated carbocycles. The molecule has 0 aliphatic rings. The molecule has 0 aliphatic carbocycles. The Morgan fingerprint density at radius 2 is 2.05 bits per heavy atom. The first-order chi connectivity index (χ1) is 9.38. The molecule has 5 nitrogen and oxygen atoms in total. The van der Waals surface area contributed by atoms with Gasteiger partial charge in [-0.25, -0.2) is 4.68 Å². The number of rotatable bonds is 1. The summed E-state index contributed by atoms with van der Waals surface area (Å²) in [6.07, 6.45) is -4.59. The number of alkyl halides is 3. The van der Waals surface area contributed by atoms with Crippen molar-refractivity contribution in [2.24, 2.45) is 0 Å². The molecule has 104 valence electrons. The molecule has 1 aromatic carbocycles. The van der Waals surface area contributed by atoms with Gasteiger partial charge in [-0.05, 0) is 24.6 Å². The maximum atomic E-state index is 13.0. The van der Waals surface area contributed by atoms with Crippen LogP contribution in [0, 0.1) is 6.92 Å². The Kier molecular flexibility index (Phi) is 2.50. The molecule has 3 aromatic rings. The fourth-order valence-corrected chi connectivity index (χ4v) is 2.07. The number of nitrogens with zero attached hydrogens (tertiary/aromatic N) is 3. The first kappa shape index (κ1) is 12.5. The lowest BCUT2D eigenvalue weighted by Crippen LogP contribution is -2.08. The van der Waals surface area contributed by atoms with Gasteiger partial charge < -0.3 is 5.73 Å². The molecule has 3 N–H and O–H groups in total. The van der Waals surface area contributed by atoms with Crippen LogP contribution in [0.4, 0.5) is 19.0 Å². The summed E-state index contributed by atoms with van der Waals surface area (Å²) in [4.78, 5) is 0. The summed E-state index contributed by atoms with van der Waals surface area (Å²) in [7, 11) is 0. The number of fused-ring (bicyclic) bond motifs is 1. The van der Waals surface area contributed by atoms with E-state index in [0.717, 1.165) is 10.2 Å². The third kappa shape index (κ3) is 1.80. The van der Waals surface area contributed by atoms with Gasteiger partial charge in [-0.3, -0.25) is 5.10 Å². The third-order valence-electron chi connectivity index (χ3n) is 2.93. The predicted molar refractivity (Wildman–Crippen MR) is 67.4 cm³/mol. The Balaban J connectivity index is 2.33. The first-order valence-electron chi connectivity index (χ1n) is 5.75. The maximum Gasteiger partial charge on any atom is 0.436 e. The standard InChI is InChI=1S/C12H10F3N5/c1-6-3-2-4-7(5-6)20-11-8(10(16)17-18-11)9(19-20)12(13,14)15/h2-5H,1H3,(H3,16,17,18). The molecule has 2 heterocycles. The van der Waals surface area contributed by atoms with Crippen LogP contribution in [0.2, 0.25) is 0 Å². The first-order valence-corrected chi connectivity index (χ1v) is 5.75. The summed E-state index contributed by atoms with van der Waals surface area (Å²) in [5.41, 5.74) is 5.94. The molecule has 0 unspecified atom stereocenters. The number of hydrogen-bond donors (Lipinski definition) is 2. The second-order valence-corrected chi connectivity index (χ2v) is 4.43. The van der Waals surface area contributed by atoms with Crippen molar-refractivity contribution in [3.8, 4) is 5.69 Å². The molecule has 0 saturated heterocycles. The molecule has 3 rings (SSSR count). The quantitative estimate of drug-likeness (QED) is 0.720. The summed E-state index contributed by atoms with van der Waals surface area (Å²) >= 11 is 0. The van der Waals surface area contributed by atoms with Crippen molar-refractivity contribution in [1.82, 2.24) is 20.0 Å². The van der Waals surface area contributed by atoms with Gasteiger partial charge in [0.05, 0.1) is 11.1 Å². The fourth-order valence-electron chi connectivity index (χ4n) is 2.07. The average Bonchev–Trinajstić information content (AvgIpc) is 2.90. The minimum absolute atomic E-state index is 0.0559. The van der Waals surface area contributed by atoms with Crippen LogP contribution < -0.4 is 5.73 Å². The van der Waals surface area contributed by atoms with Crippen molar-refractivity contribution in [3.63, 3.8) is 0 Å². The monoisotopic (exact) mass is 281 g/mol. The van der Waals surface area contributed by atoms with Crippen molar-refractivity contribution in [2.75, 3.05) is 5.73 Å². The number of H-pyrrole nitrogens is 1. The van der Waals surface area contributed by atoms with Gasteiger partial charge in [0.2, 0.25) is 0 Å². The molecular weight excluding hydrogens is 271 g/mol. The topological polar surface area (TPSA) is 72.5 Å². The van der Waals surface area contributed by atoms with Crippen LogP contribution in [-0.4, -0.2) is 20.0 Å². The Morgan fingerprint density at radius 1 is 1.30 bits per heavy atom. The highest BCUT2D eigenvalue weighted by molar-refractivity contribution is 5.90. The molecule has 0 bridgehead atoms. The van der Waals surface area contributed by atoms with E-state index in [-0.39, 0.29) is 16.9 Å². The van der Waals surface area contributed by atoms with Crippen LogP contribution in [-0.2, 0) is 6.18 Å². The predicted octanol–water partition coefficient (Wildman–Crippen LogP) is 2.66. The van der Waals surface area contributed by atoms with Crippen LogP contribution >= 0.6 is 0 Å². The normalized spacial score (nSPS) is 12.2. The van der Waals surface area contributed by atoms with Gasteiger partial charge in [-0.15, -0.1) is 0 Å². The molecule has 0 fully saturated rings. The van der Waals surface area contributed by atoms with Crippen molar-refractivity contribution in [1.29, 1.82) is 0 Å². The lowest BCUT2D eigenvalue weighted by molar-refractivity contribution is -0.140. The zero-order chi connectivity index (χ0) is 14.5. The Hall–Kier alpha value is -2.51. The Labute approximate surface area is 111 Å². The van der Waals surface area contributed by atoms with Gasteiger partial charge in [0.15, 0.2) is 11.3 Å². The van der Waals surface area contributed by atoms with Crippen LogP contribution in [0.1, 0.15) is 11.3 Å². The molecule has 0 atom stereocenters. The van der Waals surface area contributed by atoms with Crippen LogP contribution in [0.15, 0.2) is 24.3 Å². The highest BCUT2D eigenvalue weighted by Crippen LogP contribution is 2.36. The Morgan fingerprint density at radius 3 is 2.70 bits per heavy atom. The van der Waals surface area contributed by atoms with E-state index in [1.165, 1.54) is 0 Å². The molecule has 2 aromatic heterocycles. The van der Waals surface area contributed by atoms with E-state index in [9.17, 15) is 13.2 Å². The van der Waals surface area contributed by atoms with Crippen LogP contribution in [0.25, 0.3) is 16.7 Å². The van der Waals surface area contributed by atoms with Gasteiger partial charge >= 0.3 is 6.18 Å². The van der Waals surface area contributed by atoms with Gasteiger partial charge in [0, 0.05) is 0 Å². The van der Waals surface area contributed by atoms with E-state index in [2.05, 4.69) is 15.3 Å². The number of anilines is 1. The zero-order valence-electron chi connectivity index (χ0n) is 10.4. The van der Waals surface area contributed by atoms with Gasteiger partial charge in [0.25, 0.3) is 0 Å². The third-order valence-corrected chi connectivity index (χ3v) is 2.93. The zero-order valence-corrected chi connectivity index (χ0v) is 10.4. The number of nitrogens with one attached hydrogen (secondary N) is 1. The van der Waals surface area contributed by atoms with Gasteiger partial charge in [-0.1, -0.05) is 12.1 Å². The molecule has 8 heteroatoms. The average molecular weight is 281 g/mol. The molecule has 0 spiro atoms. The summed E-state index contributed by atoms with van der Waals surface area (Å²) in [6.45, 7) is 1.84. The summed E-state index contributed by atoms with van der Waals surface area (Å²) < 4.78 is 40.2. The van der Waals surface area contributed by atoms with Crippen molar-refractivity contribution < 1.29 is 13.2 Å². The minimum atomic E-state index is -4.59. The molecule has 0 aliphatic heterocycles. The second kappa shape index (κ2) is 3.99. The lowest BCUT2D eigenvalue weighted by atomic mass is 10.2. The minimum Gasteiger partial charge on any atom is -0.383 e. The van der Waals surface area contributed by atoms with E-state index >= 15 is 0 Å². The number of halogens is 3. The fraction of sp³-hybridized carbons (Fsp3) is 0.167. The van der Waals surface area contributed by atoms with E-state index in [0.29, 0.717) is 5.69 Å². The number of benzene rings is 1.